The Bertz CT molecular complexity index is 841. The molecule has 0 spiro atoms. The quantitative estimate of drug-likeness (QED) is 0.817. The van der Waals surface area contributed by atoms with Crippen molar-refractivity contribution in [2.24, 2.45) is 5.10 Å². The predicted molar refractivity (Wildman–Crippen MR) is 94.4 cm³/mol. The van der Waals surface area contributed by atoms with Crippen LogP contribution >= 0.6 is 0 Å². The zero-order valence-electron chi connectivity index (χ0n) is 13.7. The molecule has 0 aromatic heterocycles. The fourth-order valence-electron chi connectivity index (χ4n) is 2.56. The number of rotatable bonds is 5. The van der Waals surface area contributed by atoms with Gasteiger partial charge in [-0.05, 0) is 36.4 Å². The van der Waals surface area contributed by atoms with E-state index in [4.69, 9.17) is 9.84 Å². The van der Waals surface area contributed by atoms with Gasteiger partial charge in [-0.2, -0.15) is 5.10 Å². The Morgan fingerprint density at radius 3 is 2.52 bits per heavy atom. The van der Waals surface area contributed by atoms with Crippen LogP contribution in [-0.2, 0) is 4.79 Å². The number of hydrogen-bond donors (Lipinski definition) is 2. The smallest absolute Gasteiger partial charge is 0.276 e. The fourth-order valence-corrected chi connectivity index (χ4v) is 2.56. The number of phenols is 1. The van der Waals surface area contributed by atoms with Crippen molar-refractivity contribution in [1.29, 1.82) is 0 Å². The molecule has 6 nitrogen and oxygen atoms in total. The number of aliphatic hydroxyl groups is 1. The van der Waals surface area contributed by atoms with Gasteiger partial charge in [-0.3, -0.25) is 4.79 Å². The lowest BCUT2D eigenvalue weighted by molar-refractivity contribution is -0.126. The molecule has 2 aromatic carbocycles. The van der Waals surface area contributed by atoms with Crippen molar-refractivity contribution in [3.8, 4) is 11.5 Å². The number of aromatic hydroxyl groups is 1. The average molecular weight is 338 g/mol. The fraction of sp³-hybridized carbons (Fsp3) is 0.158. The first-order valence-electron chi connectivity index (χ1n) is 7.80. The van der Waals surface area contributed by atoms with Gasteiger partial charge in [0.25, 0.3) is 5.91 Å². The van der Waals surface area contributed by atoms with Gasteiger partial charge < -0.3 is 14.9 Å². The molecule has 2 aromatic rings. The first kappa shape index (κ1) is 16.7. The molecule has 1 amide bonds. The van der Waals surface area contributed by atoms with Crippen molar-refractivity contribution in [3.63, 3.8) is 0 Å². The Morgan fingerprint density at radius 1 is 1.16 bits per heavy atom. The third-order valence-electron chi connectivity index (χ3n) is 3.85. The molecule has 1 aliphatic heterocycles. The Morgan fingerprint density at radius 2 is 1.88 bits per heavy atom. The molecule has 128 valence electrons. The summed E-state index contributed by atoms with van der Waals surface area (Å²) in [4.78, 5) is 12.6. The van der Waals surface area contributed by atoms with Gasteiger partial charge in [-0.1, -0.05) is 18.2 Å². The molecule has 0 saturated heterocycles. The number of carbonyl (C=O) groups excluding carboxylic acids is 1. The molecule has 25 heavy (non-hydrogen) atoms. The van der Waals surface area contributed by atoms with Gasteiger partial charge in [0.05, 0.1) is 25.8 Å². The zero-order valence-corrected chi connectivity index (χ0v) is 13.7. The van der Waals surface area contributed by atoms with Gasteiger partial charge in [-0.25, -0.2) is 5.01 Å². The van der Waals surface area contributed by atoms with Crippen LogP contribution in [0.4, 0.5) is 0 Å². The summed E-state index contributed by atoms with van der Waals surface area (Å²) in [6.45, 7) is -0.0778. The van der Waals surface area contributed by atoms with Crippen molar-refractivity contribution in [2.75, 3.05) is 20.3 Å². The van der Waals surface area contributed by atoms with E-state index in [2.05, 4.69) is 5.10 Å². The molecule has 0 radical (unpaired) electrons. The second kappa shape index (κ2) is 7.19. The minimum absolute atomic E-state index is 0.0810. The van der Waals surface area contributed by atoms with Crippen LogP contribution in [-0.4, -0.2) is 47.1 Å². The number of para-hydroxylation sites is 1. The second-order valence-electron chi connectivity index (χ2n) is 5.45. The first-order chi connectivity index (χ1) is 12.1. The number of hydrazone groups is 1. The predicted octanol–water partition coefficient (Wildman–Crippen LogP) is 2.02. The highest BCUT2D eigenvalue weighted by Crippen LogP contribution is 2.26. The normalized spacial score (nSPS) is 15.6. The summed E-state index contributed by atoms with van der Waals surface area (Å²) in [5, 5.41) is 24.7. The lowest BCUT2D eigenvalue weighted by atomic mass is 10.00. The molecule has 0 unspecified atom stereocenters. The van der Waals surface area contributed by atoms with Crippen LogP contribution in [0.3, 0.4) is 0 Å². The number of hydrogen-bond acceptors (Lipinski definition) is 5. The van der Waals surface area contributed by atoms with Crippen LogP contribution in [0.15, 0.2) is 59.2 Å². The highest BCUT2D eigenvalue weighted by atomic mass is 16.5. The van der Waals surface area contributed by atoms with Gasteiger partial charge in [0.2, 0.25) is 0 Å². The third-order valence-corrected chi connectivity index (χ3v) is 3.85. The average Bonchev–Trinajstić information content (AvgIpc) is 2.94. The highest BCUT2D eigenvalue weighted by Gasteiger charge is 2.30. The number of ether oxygens (including phenoxy) is 1. The number of nitrogens with zero attached hydrogens (tertiary/aromatic N) is 2. The summed E-state index contributed by atoms with van der Waals surface area (Å²) in [7, 11) is 1.58. The molecule has 3 rings (SSSR count). The van der Waals surface area contributed by atoms with Gasteiger partial charge >= 0.3 is 0 Å². The molecule has 1 heterocycles. The molecule has 0 atom stereocenters. The number of phenolic OH excluding ortho intramolecular Hbond substituents is 1. The zero-order chi connectivity index (χ0) is 17.8. The number of methoxy groups -OCH3 is 1. The van der Waals surface area contributed by atoms with E-state index in [9.17, 15) is 9.90 Å². The lowest BCUT2D eigenvalue weighted by Gasteiger charge is -2.08. The summed E-state index contributed by atoms with van der Waals surface area (Å²) < 4.78 is 5.15. The van der Waals surface area contributed by atoms with Crippen molar-refractivity contribution in [1.82, 2.24) is 5.01 Å². The molecular weight excluding hydrogens is 320 g/mol. The van der Waals surface area contributed by atoms with E-state index in [0.29, 0.717) is 22.6 Å². The van der Waals surface area contributed by atoms with Gasteiger partial charge in [0.1, 0.15) is 17.2 Å². The Balaban J connectivity index is 2.05. The molecule has 0 aliphatic carbocycles. The molecule has 1 aliphatic rings. The molecule has 2 N–H and O–H groups in total. The Labute approximate surface area is 145 Å². The minimum atomic E-state index is -0.317. The highest BCUT2D eigenvalue weighted by molar-refractivity contribution is 6.33. The molecule has 0 bridgehead atoms. The maximum Gasteiger partial charge on any atom is 0.276 e. The summed E-state index contributed by atoms with van der Waals surface area (Å²) in [6.07, 6.45) is 1.61. The van der Waals surface area contributed by atoms with E-state index in [1.807, 2.05) is 12.1 Å². The largest absolute Gasteiger partial charge is 0.507 e. The summed E-state index contributed by atoms with van der Waals surface area (Å²) in [5.41, 5.74) is 2.12. The standard InChI is InChI=1S/C19H18N2O4/c1-25-15-8-6-13(7-9-15)18-16(19(24)21(20-18)10-11-22)12-14-4-2-3-5-17(14)23/h2-9,12,22-23H,10-11H2,1H3/b16-12-. The van der Waals surface area contributed by atoms with Crippen molar-refractivity contribution >= 4 is 17.7 Å². The molecule has 0 saturated carbocycles. The van der Waals surface area contributed by atoms with E-state index in [1.165, 1.54) is 5.01 Å². The maximum atomic E-state index is 12.6. The molecule has 6 heteroatoms. The van der Waals surface area contributed by atoms with E-state index in [1.54, 1.807) is 49.6 Å². The summed E-state index contributed by atoms with van der Waals surface area (Å²) in [5.74, 6) is 0.465. The van der Waals surface area contributed by atoms with Crippen LogP contribution in [0, 0.1) is 0 Å². The van der Waals surface area contributed by atoms with Crippen molar-refractivity contribution in [2.45, 2.75) is 0 Å². The van der Waals surface area contributed by atoms with E-state index < -0.39 is 0 Å². The third kappa shape index (κ3) is 3.39. The van der Waals surface area contributed by atoms with E-state index >= 15 is 0 Å². The van der Waals surface area contributed by atoms with E-state index in [-0.39, 0.29) is 24.8 Å². The summed E-state index contributed by atoms with van der Waals surface area (Å²) in [6, 6.07) is 14.0. The summed E-state index contributed by atoms with van der Waals surface area (Å²) >= 11 is 0. The monoisotopic (exact) mass is 338 g/mol. The molecule has 0 fully saturated rings. The maximum absolute atomic E-state index is 12.6. The number of amides is 1. The molecular formula is C19H18N2O4. The van der Waals surface area contributed by atoms with Crippen molar-refractivity contribution in [3.05, 3.63) is 65.2 Å². The number of aliphatic hydroxyl groups excluding tert-OH is 1. The van der Waals surface area contributed by atoms with Gasteiger partial charge in [-0.15, -0.1) is 0 Å². The number of benzene rings is 2. The van der Waals surface area contributed by atoms with Crippen LogP contribution in [0.1, 0.15) is 11.1 Å². The van der Waals surface area contributed by atoms with Crippen LogP contribution in [0.2, 0.25) is 0 Å². The minimum Gasteiger partial charge on any atom is -0.507 e. The topological polar surface area (TPSA) is 82.4 Å². The van der Waals surface area contributed by atoms with Crippen LogP contribution < -0.4 is 4.74 Å². The van der Waals surface area contributed by atoms with Gasteiger partial charge in [0.15, 0.2) is 0 Å². The Kier molecular flexibility index (Phi) is 4.81. The van der Waals surface area contributed by atoms with Gasteiger partial charge in [0, 0.05) is 11.1 Å². The number of β-amino-alcohol motifs (C(OH)–C–C–N with tert-alkyl or cyclic N) is 1. The lowest BCUT2D eigenvalue weighted by Crippen LogP contribution is -2.25. The van der Waals surface area contributed by atoms with Crippen LogP contribution in [0.25, 0.3) is 6.08 Å². The Hall–Kier alpha value is -3.12. The SMILES string of the molecule is COc1ccc(C2=NN(CCO)C(=O)/C2=C\c2ccccc2O)cc1. The first-order valence-corrected chi connectivity index (χ1v) is 7.80. The van der Waals surface area contributed by atoms with Crippen molar-refractivity contribution < 1.29 is 19.7 Å². The van der Waals surface area contributed by atoms with Crippen LogP contribution in [0.5, 0.6) is 11.5 Å². The van der Waals surface area contributed by atoms with E-state index in [0.717, 1.165) is 5.56 Å². The second-order valence-corrected chi connectivity index (χ2v) is 5.45. The number of carbonyl (C=O) groups is 1.